The van der Waals surface area contributed by atoms with Gasteiger partial charge in [-0.2, -0.15) is 9.90 Å². The van der Waals surface area contributed by atoms with Crippen molar-refractivity contribution in [2.24, 2.45) is 0 Å². The Kier molecular flexibility index (Phi) is 4.78. The van der Waals surface area contributed by atoms with Crippen LogP contribution in [-0.4, -0.2) is 50.8 Å². The largest absolute Gasteiger partial charge is 0.350 e. The molecule has 7 heteroatoms. The van der Waals surface area contributed by atoms with Crippen LogP contribution in [0, 0.1) is 0 Å². The van der Waals surface area contributed by atoms with E-state index in [2.05, 4.69) is 15.5 Å². The molecule has 2 amide bonds. The zero-order valence-corrected chi connectivity index (χ0v) is 13.8. The third-order valence-electron chi connectivity index (χ3n) is 2.94. The van der Waals surface area contributed by atoms with E-state index < -0.39 is 0 Å². The highest BCUT2D eigenvalue weighted by Gasteiger charge is 2.20. The highest BCUT2D eigenvalue weighted by Crippen LogP contribution is 2.06. The number of hydrogen-bond donors (Lipinski definition) is 1. The van der Waals surface area contributed by atoms with Gasteiger partial charge in [0.1, 0.15) is 0 Å². The Hall–Kier alpha value is -2.70. The molecule has 0 aliphatic carbocycles. The second-order valence-electron chi connectivity index (χ2n) is 6.31. The van der Waals surface area contributed by atoms with Gasteiger partial charge in [0.15, 0.2) is 5.69 Å². The van der Waals surface area contributed by atoms with Gasteiger partial charge in [0, 0.05) is 12.6 Å². The molecule has 1 aromatic heterocycles. The van der Waals surface area contributed by atoms with Gasteiger partial charge >= 0.3 is 0 Å². The normalized spacial score (nSPS) is 11.1. The first-order valence-electron chi connectivity index (χ1n) is 7.30. The van der Waals surface area contributed by atoms with Crippen molar-refractivity contribution in [2.75, 3.05) is 13.6 Å². The maximum absolute atomic E-state index is 12.3. The molecule has 0 aliphatic heterocycles. The zero-order valence-electron chi connectivity index (χ0n) is 13.8. The van der Waals surface area contributed by atoms with E-state index >= 15 is 0 Å². The Balaban J connectivity index is 2.03. The van der Waals surface area contributed by atoms with Gasteiger partial charge in [-0.05, 0) is 32.9 Å². The number of nitrogens with one attached hydrogen (secondary N) is 1. The van der Waals surface area contributed by atoms with E-state index in [4.69, 9.17) is 0 Å². The Morgan fingerprint density at radius 3 is 2.48 bits per heavy atom. The minimum atomic E-state index is -0.351. The fourth-order valence-corrected chi connectivity index (χ4v) is 1.99. The minimum Gasteiger partial charge on any atom is -0.350 e. The maximum Gasteiger partial charge on any atom is 0.276 e. The fraction of sp³-hybridized carbons (Fsp3) is 0.375. The molecule has 2 rings (SSSR count). The van der Waals surface area contributed by atoms with Gasteiger partial charge < -0.3 is 10.2 Å². The highest BCUT2D eigenvalue weighted by atomic mass is 16.2. The van der Waals surface area contributed by atoms with Crippen LogP contribution in [0.15, 0.2) is 36.5 Å². The smallest absolute Gasteiger partial charge is 0.276 e. The lowest BCUT2D eigenvalue weighted by molar-refractivity contribution is -0.122. The van der Waals surface area contributed by atoms with Crippen LogP contribution in [0.25, 0.3) is 5.69 Å². The van der Waals surface area contributed by atoms with Crippen molar-refractivity contribution < 1.29 is 9.59 Å². The molecule has 0 aliphatic rings. The molecule has 2 aromatic rings. The Labute approximate surface area is 135 Å². The van der Waals surface area contributed by atoms with Crippen LogP contribution in [0.5, 0.6) is 0 Å². The van der Waals surface area contributed by atoms with Crippen molar-refractivity contribution in [2.45, 2.75) is 26.3 Å². The molecule has 0 spiro atoms. The molecule has 23 heavy (non-hydrogen) atoms. The third-order valence-corrected chi connectivity index (χ3v) is 2.94. The minimum absolute atomic E-state index is 0.0334. The summed E-state index contributed by atoms with van der Waals surface area (Å²) in [6, 6.07) is 9.30. The van der Waals surface area contributed by atoms with Crippen molar-refractivity contribution in [1.29, 1.82) is 0 Å². The summed E-state index contributed by atoms with van der Waals surface area (Å²) < 4.78 is 0. The molecule has 1 aromatic carbocycles. The van der Waals surface area contributed by atoms with E-state index in [0.717, 1.165) is 5.69 Å². The first kappa shape index (κ1) is 16.7. The van der Waals surface area contributed by atoms with Gasteiger partial charge in [-0.25, -0.2) is 0 Å². The molecular formula is C16H21N5O2. The van der Waals surface area contributed by atoms with Crippen LogP contribution in [-0.2, 0) is 4.79 Å². The first-order chi connectivity index (χ1) is 10.8. The number of carbonyl (C=O) groups is 2. The standard InChI is InChI=1S/C16H21N5O2/c1-16(2,3)18-14(22)11-20(4)15(23)13-10-17-21(19-13)12-8-6-5-7-9-12/h5-10H,11H2,1-4H3,(H,18,22). The van der Waals surface area contributed by atoms with Crippen LogP contribution in [0.1, 0.15) is 31.3 Å². The summed E-state index contributed by atoms with van der Waals surface area (Å²) in [4.78, 5) is 26.9. The van der Waals surface area contributed by atoms with Crippen molar-refractivity contribution >= 4 is 11.8 Å². The molecule has 0 radical (unpaired) electrons. The Bertz CT molecular complexity index is 688. The first-order valence-corrected chi connectivity index (χ1v) is 7.30. The highest BCUT2D eigenvalue weighted by molar-refractivity contribution is 5.94. The molecule has 122 valence electrons. The second kappa shape index (κ2) is 6.60. The lowest BCUT2D eigenvalue weighted by Crippen LogP contribution is -2.46. The number of amides is 2. The number of hydrogen-bond acceptors (Lipinski definition) is 4. The van der Waals surface area contributed by atoms with E-state index in [9.17, 15) is 9.59 Å². The van der Waals surface area contributed by atoms with Gasteiger partial charge in [0.2, 0.25) is 5.91 Å². The van der Waals surface area contributed by atoms with Crippen LogP contribution < -0.4 is 5.32 Å². The van der Waals surface area contributed by atoms with Crippen LogP contribution in [0.2, 0.25) is 0 Å². The summed E-state index contributed by atoms with van der Waals surface area (Å²) in [5.74, 6) is -0.569. The maximum atomic E-state index is 12.3. The lowest BCUT2D eigenvalue weighted by atomic mass is 10.1. The summed E-state index contributed by atoms with van der Waals surface area (Å²) in [7, 11) is 1.56. The van der Waals surface area contributed by atoms with Crippen LogP contribution in [0.4, 0.5) is 0 Å². The van der Waals surface area contributed by atoms with Crippen molar-refractivity contribution in [1.82, 2.24) is 25.2 Å². The van der Waals surface area contributed by atoms with Crippen LogP contribution >= 0.6 is 0 Å². The summed E-state index contributed by atoms with van der Waals surface area (Å²) in [5.41, 5.74) is 0.622. The summed E-state index contributed by atoms with van der Waals surface area (Å²) >= 11 is 0. The fourth-order valence-electron chi connectivity index (χ4n) is 1.99. The molecule has 0 saturated heterocycles. The quantitative estimate of drug-likeness (QED) is 0.921. The zero-order chi connectivity index (χ0) is 17.0. The summed E-state index contributed by atoms with van der Waals surface area (Å²) in [6.45, 7) is 5.63. The molecule has 0 bridgehead atoms. The molecular weight excluding hydrogens is 294 g/mol. The summed E-state index contributed by atoms with van der Waals surface area (Å²) in [5, 5.41) is 11.1. The van der Waals surface area contributed by atoms with Gasteiger partial charge in [0.05, 0.1) is 18.4 Å². The average Bonchev–Trinajstić information content (AvgIpc) is 2.95. The molecule has 0 saturated carbocycles. The van der Waals surface area contributed by atoms with E-state index in [1.807, 2.05) is 51.1 Å². The third kappa shape index (κ3) is 4.64. The Morgan fingerprint density at radius 1 is 1.22 bits per heavy atom. The van der Waals surface area contributed by atoms with E-state index in [1.54, 1.807) is 7.05 Å². The SMILES string of the molecule is CN(CC(=O)NC(C)(C)C)C(=O)c1cnn(-c2ccccc2)n1. The molecule has 0 fully saturated rings. The number of benzene rings is 1. The van der Waals surface area contributed by atoms with Crippen molar-refractivity contribution in [3.8, 4) is 5.69 Å². The monoisotopic (exact) mass is 315 g/mol. The van der Waals surface area contributed by atoms with Crippen LogP contribution in [0.3, 0.4) is 0 Å². The number of rotatable bonds is 4. The van der Waals surface area contributed by atoms with E-state index in [0.29, 0.717) is 0 Å². The topological polar surface area (TPSA) is 80.1 Å². The molecule has 1 heterocycles. The number of para-hydroxylation sites is 1. The number of aromatic nitrogens is 3. The molecule has 0 unspecified atom stereocenters. The van der Waals surface area contributed by atoms with Gasteiger partial charge in [-0.1, -0.05) is 18.2 Å². The number of carbonyl (C=O) groups excluding carboxylic acids is 2. The molecule has 1 N–H and O–H groups in total. The van der Waals surface area contributed by atoms with Crippen molar-refractivity contribution in [3.05, 3.63) is 42.2 Å². The Morgan fingerprint density at radius 2 is 1.87 bits per heavy atom. The lowest BCUT2D eigenvalue weighted by Gasteiger charge is -2.23. The number of nitrogens with zero attached hydrogens (tertiary/aromatic N) is 4. The predicted octanol–water partition coefficient (Wildman–Crippen LogP) is 1.25. The summed E-state index contributed by atoms with van der Waals surface area (Å²) in [6.07, 6.45) is 1.40. The van der Waals surface area contributed by atoms with Crippen molar-refractivity contribution in [3.63, 3.8) is 0 Å². The van der Waals surface area contributed by atoms with Gasteiger partial charge in [0.25, 0.3) is 5.91 Å². The average molecular weight is 315 g/mol. The second-order valence-corrected chi connectivity index (χ2v) is 6.31. The molecule has 7 nitrogen and oxygen atoms in total. The predicted molar refractivity (Wildman–Crippen MR) is 86.2 cm³/mol. The van der Waals surface area contributed by atoms with E-state index in [1.165, 1.54) is 15.9 Å². The van der Waals surface area contributed by atoms with Gasteiger partial charge in [-0.15, -0.1) is 5.10 Å². The van der Waals surface area contributed by atoms with Gasteiger partial charge in [-0.3, -0.25) is 9.59 Å². The molecule has 0 atom stereocenters. The van der Waals surface area contributed by atoms with E-state index in [-0.39, 0.29) is 29.6 Å². The number of likely N-dealkylation sites (N-methyl/N-ethyl adjacent to an activating group) is 1.